The molecule has 2 aromatic rings. The van der Waals surface area contributed by atoms with E-state index < -0.39 is 0 Å². The summed E-state index contributed by atoms with van der Waals surface area (Å²) >= 11 is 0. The van der Waals surface area contributed by atoms with E-state index in [9.17, 15) is 4.39 Å². The van der Waals surface area contributed by atoms with E-state index in [1.54, 1.807) is 12.1 Å². The highest BCUT2D eigenvalue weighted by molar-refractivity contribution is 5.29. The fourth-order valence-corrected chi connectivity index (χ4v) is 2.17. The molecule has 0 fully saturated rings. The van der Waals surface area contributed by atoms with Crippen LogP contribution in [0, 0.1) is 5.82 Å². The summed E-state index contributed by atoms with van der Waals surface area (Å²) in [6, 6.07) is 13.1. The van der Waals surface area contributed by atoms with Crippen molar-refractivity contribution in [2.45, 2.75) is 39.3 Å². The molecule has 2 rings (SSSR count). The monoisotopic (exact) mass is 287 g/mol. The molecule has 0 radical (unpaired) electrons. The second kappa shape index (κ2) is 7.79. The second-order valence-electron chi connectivity index (χ2n) is 5.17. The van der Waals surface area contributed by atoms with Gasteiger partial charge in [0.05, 0.1) is 0 Å². The van der Waals surface area contributed by atoms with Crippen molar-refractivity contribution in [3.05, 3.63) is 65.0 Å². The van der Waals surface area contributed by atoms with Gasteiger partial charge in [0.25, 0.3) is 0 Å². The van der Waals surface area contributed by atoms with E-state index in [4.69, 9.17) is 10.5 Å². The number of benzene rings is 2. The van der Waals surface area contributed by atoms with Gasteiger partial charge in [-0.05, 0) is 48.2 Å². The van der Waals surface area contributed by atoms with E-state index >= 15 is 0 Å². The molecule has 0 atom stereocenters. The minimum Gasteiger partial charge on any atom is -0.489 e. The van der Waals surface area contributed by atoms with E-state index in [1.807, 2.05) is 12.1 Å². The summed E-state index contributed by atoms with van der Waals surface area (Å²) in [5, 5.41) is 0. The van der Waals surface area contributed by atoms with E-state index in [0.29, 0.717) is 12.2 Å². The smallest absolute Gasteiger partial charge is 0.127 e. The zero-order valence-electron chi connectivity index (χ0n) is 12.4. The van der Waals surface area contributed by atoms with Gasteiger partial charge in [-0.25, -0.2) is 4.39 Å². The molecule has 2 N–H and O–H groups in total. The van der Waals surface area contributed by atoms with E-state index in [2.05, 4.69) is 19.1 Å². The van der Waals surface area contributed by atoms with Gasteiger partial charge < -0.3 is 10.5 Å². The average Bonchev–Trinajstić information content (AvgIpc) is 2.53. The van der Waals surface area contributed by atoms with E-state index in [-0.39, 0.29) is 12.4 Å². The Hall–Kier alpha value is -1.87. The lowest BCUT2D eigenvalue weighted by Crippen LogP contribution is -2.02. The van der Waals surface area contributed by atoms with Crippen molar-refractivity contribution >= 4 is 0 Å². The van der Waals surface area contributed by atoms with Crippen LogP contribution < -0.4 is 10.5 Å². The third-order valence-electron chi connectivity index (χ3n) is 3.48. The molecule has 0 bridgehead atoms. The first-order chi connectivity index (χ1) is 10.2. The first-order valence-corrected chi connectivity index (χ1v) is 7.42. The van der Waals surface area contributed by atoms with Crippen LogP contribution in [-0.4, -0.2) is 0 Å². The SMILES string of the molecule is CCCCc1ccc(OCc2ccc(F)c(CN)c2)cc1. The van der Waals surface area contributed by atoms with Gasteiger partial charge in [0, 0.05) is 12.1 Å². The van der Waals surface area contributed by atoms with Crippen LogP contribution in [0.4, 0.5) is 4.39 Å². The summed E-state index contributed by atoms with van der Waals surface area (Å²) in [6.45, 7) is 2.81. The third-order valence-corrected chi connectivity index (χ3v) is 3.48. The fourth-order valence-electron chi connectivity index (χ4n) is 2.17. The van der Waals surface area contributed by atoms with Gasteiger partial charge in [0.2, 0.25) is 0 Å². The van der Waals surface area contributed by atoms with Crippen LogP contribution in [0.25, 0.3) is 0 Å². The maximum Gasteiger partial charge on any atom is 0.127 e. The van der Waals surface area contributed by atoms with E-state index in [0.717, 1.165) is 17.7 Å². The Morgan fingerprint density at radius 1 is 1.05 bits per heavy atom. The van der Waals surface area contributed by atoms with Crippen LogP contribution >= 0.6 is 0 Å². The number of unbranched alkanes of at least 4 members (excludes halogenated alkanes) is 1. The fraction of sp³-hybridized carbons (Fsp3) is 0.333. The minimum atomic E-state index is -0.262. The molecule has 2 nitrogen and oxygen atoms in total. The Bertz CT molecular complexity index is 566. The average molecular weight is 287 g/mol. The van der Waals surface area contributed by atoms with Crippen molar-refractivity contribution in [2.24, 2.45) is 5.73 Å². The summed E-state index contributed by atoms with van der Waals surface area (Å²) in [5.74, 6) is 0.565. The predicted molar refractivity (Wildman–Crippen MR) is 83.7 cm³/mol. The highest BCUT2D eigenvalue weighted by Gasteiger charge is 2.03. The van der Waals surface area contributed by atoms with Crippen molar-refractivity contribution in [1.82, 2.24) is 0 Å². The van der Waals surface area contributed by atoms with E-state index in [1.165, 1.54) is 24.5 Å². The number of halogens is 1. The topological polar surface area (TPSA) is 35.2 Å². The number of ether oxygens (including phenoxy) is 1. The summed E-state index contributed by atoms with van der Waals surface area (Å²) in [5.41, 5.74) is 8.28. The number of hydrogen-bond acceptors (Lipinski definition) is 2. The van der Waals surface area contributed by atoms with Crippen molar-refractivity contribution in [2.75, 3.05) is 0 Å². The maximum absolute atomic E-state index is 13.4. The van der Waals surface area contributed by atoms with Gasteiger partial charge in [-0.2, -0.15) is 0 Å². The molecule has 112 valence electrons. The molecule has 21 heavy (non-hydrogen) atoms. The molecule has 0 spiro atoms. The summed E-state index contributed by atoms with van der Waals surface area (Å²) in [7, 11) is 0. The Labute approximate surface area is 125 Å². The van der Waals surface area contributed by atoms with Crippen LogP contribution in [0.1, 0.15) is 36.5 Å². The summed E-state index contributed by atoms with van der Waals surface area (Å²) in [4.78, 5) is 0. The quantitative estimate of drug-likeness (QED) is 0.828. The highest BCUT2D eigenvalue weighted by atomic mass is 19.1. The minimum absolute atomic E-state index is 0.200. The molecule has 0 aromatic heterocycles. The van der Waals surface area contributed by atoms with Gasteiger partial charge in [0.1, 0.15) is 18.2 Å². The van der Waals surface area contributed by atoms with Crippen LogP contribution in [0.3, 0.4) is 0 Å². The molecule has 0 aliphatic carbocycles. The molecular formula is C18H22FNO. The molecule has 0 aliphatic heterocycles. The molecule has 0 aliphatic rings. The summed E-state index contributed by atoms with van der Waals surface area (Å²) in [6.07, 6.45) is 3.51. The first-order valence-electron chi connectivity index (χ1n) is 7.42. The number of hydrogen-bond donors (Lipinski definition) is 1. The molecule has 3 heteroatoms. The van der Waals surface area contributed by atoms with Gasteiger partial charge >= 0.3 is 0 Å². The standard InChI is InChI=1S/C18H22FNO/c1-2-3-4-14-5-8-17(9-6-14)21-13-15-7-10-18(19)16(11-15)12-20/h5-11H,2-4,12-13,20H2,1H3. The van der Waals surface area contributed by atoms with Gasteiger partial charge in [-0.3, -0.25) is 0 Å². The lowest BCUT2D eigenvalue weighted by Gasteiger charge is -2.09. The number of aryl methyl sites for hydroxylation is 1. The zero-order chi connectivity index (χ0) is 15.1. The maximum atomic E-state index is 13.4. The Kier molecular flexibility index (Phi) is 5.76. The largest absolute Gasteiger partial charge is 0.489 e. The molecule has 0 saturated carbocycles. The lowest BCUT2D eigenvalue weighted by molar-refractivity contribution is 0.306. The van der Waals surface area contributed by atoms with Gasteiger partial charge in [-0.1, -0.05) is 31.5 Å². The van der Waals surface area contributed by atoms with Gasteiger partial charge in [0.15, 0.2) is 0 Å². The van der Waals surface area contributed by atoms with Crippen LogP contribution in [0.5, 0.6) is 5.75 Å². The molecule has 0 amide bonds. The Balaban J connectivity index is 1.93. The normalized spacial score (nSPS) is 10.6. The molecule has 2 aromatic carbocycles. The zero-order valence-corrected chi connectivity index (χ0v) is 12.4. The predicted octanol–water partition coefficient (Wildman–Crippen LogP) is 4.21. The Morgan fingerprint density at radius 3 is 2.43 bits per heavy atom. The lowest BCUT2D eigenvalue weighted by atomic mass is 10.1. The molecular weight excluding hydrogens is 265 g/mol. The number of nitrogens with two attached hydrogens (primary N) is 1. The van der Waals surface area contributed by atoms with Crippen molar-refractivity contribution in [1.29, 1.82) is 0 Å². The van der Waals surface area contributed by atoms with Crippen molar-refractivity contribution in [3.8, 4) is 5.75 Å². The van der Waals surface area contributed by atoms with Crippen LogP contribution in [-0.2, 0) is 19.6 Å². The molecule has 0 heterocycles. The third kappa shape index (κ3) is 4.57. The second-order valence-corrected chi connectivity index (χ2v) is 5.17. The van der Waals surface area contributed by atoms with Crippen LogP contribution in [0.15, 0.2) is 42.5 Å². The first kappa shape index (κ1) is 15.5. The van der Waals surface area contributed by atoms with Crippen LogP contribution in [0.2, 0.25) is 0 Å². The number of rotatable bonds is 7. The Morgan fingerprint density at radius 2 is 1.76 bits per heavy atom. The highest BCUT2D eigenvalue weighted by Crippen LogP contribution is 2.17. The van der Waals surface area contributed by atoms with Crippen molar-refractivity contribution < 1.29 is 9.13 Å². The molecule has 0 saturated heterocycles. The molecule has 0 unspecified atom stereocenters. The van der Waals surface area contributed by atoms with Gasteiger partial charge in [-0.15, -0.1) is 0 Å². The summed E-state index contributed by atoms with van der Waals surface area (Å²) < 4.78 is 19.1. The van der Waals surface area contributed by atoms with Crippen molar-refractivity contribution in [3.63, 3.8) is 0 Å².